The van der Waals surface area contributed by atoms with Gasteiger partial charge in [0, 0.05) is 23.3 Å². The van der Waals surface area contributed by atoms with E-state index in [1.54, 1.807) is 20.8 Å². The predicted molar refractivity (Wildman–Crippen MR) is 150 cm³/mol. The molecule has 2 fully saturated rings. The number of thioether (sulfide) groups is 1. The van der Waals surface area contributed by atoms with Crippen molar-refractivity contribution in [1.29, 1.82) is 0 Å². The van der Waals surface area contributed by atoms with E-state index >= 15 is 0 Å². The van der Waals surface area contributed by atoms with Crippen molar-refractivity contribution < 1.29 is 51.8 Å². The number of nitrogens with two attached hydrogens (primary N) is 1. The van der Waals surface area contributed by atoms with Crippen molar-refractivity contribution in [3.05, 3.63) is 28.3 Å². The number of amides is 3. The molecule has 0 aliphatic carbocycles. The molecule has 0 bridgehead atoms. The molecule has 0 saturated carbocycles. The first kappa shape index (κ1) is 32.8. The average molecular weight is 661 g/mol. The highest BCUT2D eigenvalue weighted by molar-refractivity contribution is 8.00. The lowest BCUT2D eigenvalue weighted by molar-refractivity contribution is -0.173. The van der Waals surface area contributed by atoms with Crippen LogP contribution in [0.2, 0.25) is 0 Å². The van der Waals surface area contributed by atoms with Crippen LogP contribution in [0.15, 0.2) is 33.5 Å². The summed E-state index contributed by atoms with van der Waals surface area (Å²) in [7, 11) is 0. The third-order valence-corrected chi connectivity index (χ3v) is 8.57. The van der Waals surface area contributed by atoms with Crippen LogP contribution in [0.25, 0.3) is 0 Å². The summed E-state index contributed by atoms with van der Waals surface area (Å²) in [5.41, 5.74) is 4.30. The van der Waals surface area contributed by atoms with Crippen LogP contribution < -0.4 is 10.6 Å². The molecular formula is C25H27F3N6O8S2. The van der Waals surface area contributed by atoms with Crippen LogP contribution in [0.5, 0.6) is 0 Å². The second kappa shape index (κ2) is 12.5. The Balaban J connectivity index is 1.69. The average Bonchev–Trinajstić information content (AvgIpc) is 3.55. The number of ether oxygens (including phenoxy) is 2. The number of aromatic nitrogens is 1. The number of anilines is 2. The molecule has 19 heteroatoms. The molecule has 3 aliphatic heterocycles. The molecule has 238 valence electrons. The van der Waals surface area contributed by atoms with Gasteiger partial charge in [0.05, 0.1) is 5.41 Å². The number of nitrogens with zero attached hydrogens (tertiary/aromatic N) is 5. The van der Waals surface area contributed by atoms with E-state index in [4.69, 9.17) is 20.4 Å². The van der Waals surface area contributed by atoms with Crippen molar-refractivity contribution >= 4 is 69.9 Å². The smallest absolute Gasteiger partial charge is 0.358 e. The summed E-state index contributed by atoms with van der Waals surface area (Å²) in [5.74, 6) is -4.78. The number of esters is 2. The number of alkyl halides is 3. The molecule has 14 nitrogen and oxygen atoms in total. The Hall–Kier alpha value is -4.13. The maximum absolute atomic E-state index is 14.0. The summed E-state index contributed by atoms with van der Waals surface area (Å²) in [6, 6.07) is -5.28. The van der Waals surface area contributed by atoms with E-state index in [0.29, 0.717) is 6.21 Å². The van der Waals surface area contributed by atoms with Crippen molar-refractivity contribution in [2.24, 2.45) is 10.6 Å². The van der Waals surface area contributed by atoms with Gasteiger partial charge in [-0.2, -0.15) is 8.78 Å². The third-order valence-electron chi connectivity index (χ3n) is 6.62. The van der Waals surface area contributed by atoms with Crippen LogP contribution in [0, 0.1) is 5.41 Å². The zero-order chi connectivity index (χ0) is 32.6. The Bertz CT molecular complexity index is 1470. The minimum atomic E-state index is -4.03. The Kier molecular flexibility index (Phi) is 9.29. The molecule has 3 aliphatic rings. The fourth-order valence-electron chi connectivity index (χ4n) is 4.49. The first-order valence-electron chi connectivity index (χ1n) is 12.8. The van der Waals surface area contributed by atoms with E-state index in [0.717, 1.165) is 32.9 Å². The lowest BCUT2D eigenvalue weighted by atomic mass is 9.98. The van der Waals surface area contributed by atoms with Gasteiger partial charge in [-0.15, -0.1) is 23.1 Å². The number of carbonyl (C=O) groups is 5. The monoisotopic (exact) mass is 660 g/mol. The number of oxime groups is 1. The molecule has 3 amide bonds. The highest BCUT2D eigenvalue weighted by atomic mass is 32.2. The van der Waals surface area contributed by atoms with Crippen LogP contribution in [0.4, 0.5) is 24.1 Å². The summed E-state index contributed by atoms with van der Waals surface area (Å²) in [6.45, 7) is 1.34. The predicted octanol–water partition coefficient (Wildman–Crippen LogP) is 1.87. The normalized spacial score (nSPS) is 21.5. The van der Waals surface area contributed by atoms with Crippen molar-refractivity contribution in [2.45, 2.75) is 44.7 Å². The van der Waals surface area contributed by atoms with Crippen LogP contribution in [0.3, 0.4) is 0 Å². The van der Waals surface area contributed by atoms with E-state index in [-0.39, 0.29) is 44.9 Å². The van der Waals surface area contributed by atoms with Gasteiger partial charge >= 0.3 is 18.0 Å². The van der Waals surface area contributed by atoms with E-state index in [9.17, 15) is 37.1 Å². The van der Waals surface area contributed by atoms with Gasteiger partial charge in [0.2, 0.25) is 6.79 Å². The molecule has 4 rings (SSSR count). The molecule has 0 radical (unpaired) electrons. The summed E-state index contributed by atoms with van der Waals surface area (Å²) in [4.78, 5) is 70.7. The van der Waals surface area contributed by atoms with Gasteiger partial charge in [-0.05, 0) is 38.8 Å². The van der Waals surface area contributed by atoms with Gasteiger partial charge in [-0.3, -0.25) is 33.9 Å². The third kappa shape index (κ3) is 6.23. The maximum atomic E-state index is 14.0. The van der Waals surface area contributed by atoms with Crippen molar-refractivity contribution in [3.8, 4) is 0 Å². The van der Waals surface area contributed by atoms with Gasteiger partial charge in [0.25, 0.3) is 17.7 Å². The molecule has 2 atom stereocenters. The first-order chi connectivity index (χ1) is 20.6. The number of hydrogen-bond acceptors (Lipinski definition) is 13. The fourth-order valence-corrected chi connectivity index (χ4v) is 6.37. The van der Waals surface area contributed by atoms with E-state index in [1.807, 2.05) is 0 Å². The summed E-state index contributed by atoms with van der Waals surface area (Å²) < 4.78 is 50.9. The number of allylic oxidation sites excluding steroid dienone is 1. The second-order valence-corrected chi connectivity index (χ2v) is 12.6. The van der Waals surface area contributed by atoms with Gasteiger partial charge < -0.3 is 20.4 Å². The lowest BCUT2D eigenvalue weighted by Gasteiger charge is -2.52. The Morgan fingerprint density at radius 3 is 2.57 bits per heavy atom. The zero-order valence-corrected chi connectivity index (χ0v) is 25.1. The quantitative estimate of drug-likeness (QED) is 0.0576. The molecular weight excluding hydrogens is 633 g/mol. The summed E-state index contributed by atoms with van der Waals surface area (Å²) >= 11 is 2.05. The topological polar surface area (TPSA) is 185 Å². The van der Waals surface area contributed by atoms with Crippen molar-refractivity contribution in [2.75, 3.05) is 36.4 Å². The molecule has 0 aromatic carbocycles. The molecule has 2 saturated heterocycles. The van der Waals surface area contributed by atoms with Crippen LogP contribution in [-0.2, 0) is 33.4 Å². The van der Waals surface area contributed by atoms with Crippen LogP contribution in [0.1, 0.15) is 27.2 Å². The minimum Gasteiger partial charge on any atom is -0.427 e. The Morgan fingerprint density at radius 1 is 1.27 bits per heavy atom. The van der Waals surface area contributed by atoms with Gasteiger partial charge in [-0.1, -0.05) is 5.16 Å². The number of thiazole rings is 1. The number of fused-ring (bicyclic) bond motifs is 1. The maximum Gasteiger partial charge on any atom is 0.358 e. The summed E-state index contributed by atoms with van der Waals surface area (Å²) in [6.07, 6.45) is 1.52. The zero-order valence-electron chi connectivity index (χ0n) is 23.5. The molecule has 0 spiro atoms. The van der Waals surface area contributed by atoms with Gasteiger partial charge in [0.1, 0.15) is 29.1 Å². The minimum absolute atomic E-state index is 0.0171. The number of carbonyl (C=O) groups excluding carboxylic acids is 5. The molecule has 0 unspecified atom stereocenters. The molecule has 3 N–H and O–H groups in total. The largest absolute Gasteiger partial charge is 0.427 e. The SMILES string of the molecule is CC(C)(C)C(=O)OCOC(=O)C1=C(/C=C2\CCN(C(F)(F)CF)C2=O)CS[C@@H]2[C@H](N(C(=O)/C=N\O)c3csc(N)n3)C(=O)N12. The molecule has 4 heterocycles. The Labute approximate surface area is 256 Å². The number of β-lactam (4-membered cyclic amide) rings is 1. The highest BCUT2D eigenvalue weighted by Crippen LogP contribution is 2.45. The number of hydrogen-bond donors (Lipinski definition) is 2. The standard InChI is InChI=1S/C25H27F3N6O8S2/c1-24(2,3)22(39)42-11-41-21(38)16-13(6-12-4-5-32(18(12)36)25(27,28)10-26)8-43-20-17(19(37)34(16)20)33(15(35)7-30-40)14-9-44-23(29)31-14/h6-7,9,17,20,40H,4-5,8,10-11H2,1-3H3,(H2,29,31)/b12-6+,30-7-/t17-,20-/m1/s1. The molecule has 44 heavy (non-hydrogen) atoms. The lowest BCUT2D eigenvalue weighted by Crippen LogP contribution is -2.72. The second-order valence-electron chi connectivity index (χ2n) is 10.6. The van der Waals surface area contributed by atoms with E-state index in [1.165, 1.54) is 11.5 Å². The number of halogens is 3. The van der Waals surface area contributed by atoms with Crippen LogP contribution in [-0.4, -0.2) is 99.1 Å². The van der Waals surface area contributed by atoms with E-state index < -0.39 is 72.5 Å². The first-order valence-corrected chi connectivity index (χ1v) is 14.7. The van der Waals surface area contributed by atoms with E-state index in [2.05, 4.69) is 10.1 Å². The molecule has 1 aromatic rings. The van der Waals surface area contributed by atoms with Crippen LogP contribution >= 0.6 is 23.1 Å². The number of likely N-dealkylation sites (tertiary alicyclic amines) is 1. The van der Waals surface area contributed by atoms with Crippen molar-refractivity contribution in [1.82, 2.24) is 14.8 Å². The summed E-state index contributed by atoms with van der Waals surface area (Å²) in [5, 5.41) is 12.2. The van der Waals surface area contributed by atoms with Crippen molar-refractivity contribution in [3.63, 3.8) is 0 Å². The van der Waals surface area contributed by atoms with Gasteiger partial charge in [0.15, 0.2) is 11.8 Å². The number of rotatable bonds is 9. The molecule has 1 aromatic heterocycles. The fraction of sp³-hybridized carbons (Fsp3) is 0.480. The Morgan fingerprint density at radius 2 is 1.98 bits per heavy atom. The highest BCUT2D eigenvalue weighted by Gasteiger charge is 2.58. The van der Waals surface area contributed by atoms with Gasteiger partial charge in [-0.25, -0.2) is 14.2 Å². The number of nitrogen functional groups attached to an aromatic ring is 1.